The number of anilines is 1. The maximum atomic E-state index is 10.9. The molecule has 0 amide bonds. The largest absolute Gasteiger partial charge is 0.378 e. The third-order valence-electron chi connectivity index (χ3n) is 2.59. The second kappa shape index (κ2) is 5.31. The molecule has 0 aliphatic rings. The van der Waals surface area contributed by atoms with Gasteiger partial charge in [0.1, 0.15) is 5.69 Å². The van der Waals surface area contributed by atoms with Crippen LogP contribution in [0.15, 0.2) is 36.9 Å². The first kappa shape index (κ1) is 12.1. The van der Waals surface area contributed by atoms with Gasteiger partial charge in [-0.05, 0) is 18.6 Å². The fraction of sp³-hybridized carbons (Fsp3) is 0.250. The molecule has 1 N–H and O–H groups in total. The molecule has 0 fully saturated rings. The number of hydrogen-bond acceptors (Lipinski definition) is 4. The summed E-state index contributed by atoms with van der Waals surface area (Å²) >= 11 is 0. The first-order valence-corrected chi connectivity index (χ1v) is 5.61. The molecule has 1 aromatic heterocycles. The van der Waals surface area contributed by atoms with Crippen molar-refractivity contribution in [3.63, 3.8) is 0 Å². The van der Waals surface area contributed by atoms with Crippen molar-refractivity contribution in [2.45, 2.75) is 13.5 Å². The molecule has 0 aliphatic heterocycles. The van der Waals surface area contributed by atoms with Crippen molar-refractivity contribution in [1.29, 1.82) is 0 Å². The number of aromatic nitrogens is 2. The van der Waals surface area contributed by atoms with Crippen LogP contribution in [0.1, 0.15) is 5.56 Å². The van der Waals surface area contributed by atoms with E-state index in [1.165, 1.54) is 0 Å². The number of aryl methyl sites for hydroxylation is 1. The third-order valence-corrected chi connectivity index (χ3v) is 2.59. The zero-order chi connectivity index (χ0) is 13.0. The number of benzene rings is 1. The lowest BCUT2D eigenvalue weighted by molar-refractivity contribution is -0.384. The van der Waals surface area contributed by atoms with Crippen LogP contribution in [0.25, 0.3) is 0 Å². The highest BCUT2D eigenvalue weighted by molar-refractivity contribution is 5.62. The van der Waals surface area contributed by atoms with E-state index in [2.05, 4.69) is 10.3 Å². The Balaban J connectivity index is 2.02. The molecule has 0 saturated heterocycles. The fourth-order valence-electron chi connectivity index (χ4n) is 1.68. The van der Waals surface area contributed by atoms with E-state index in [0.29, 0.717) is 18.8 Å². The van der Waals surface area contributed by atoms with Crippen molar-refractivity contribution in [2.75, 3.05) is 11.9 Å². The van der Waals surface area contributed by atoms with E-state index in [0.717, 1.165) is 5.56 Å². The van der Waals surface area contributed by atoms with Crippen LogP contribution in [0.4, 0.5) is 11.4 Å². The quantitative estimate of drug-likeness (QED) is 0.648. The summed E-state index contributed by atoms with van der Waals surface area (Å²) in [5, 5.41) is 14.0. The number of nitro groups is 1. The number of nitrogens with zero attached hydrogens (tertiary/aromatic N) is 3. The Morgan fingerprint density at radius 2 is 2.33 bits per heavy atom. The van der Waals surface area contributed by atoms with Crippen LogP contribution in [-0.2, 0) is 6.54 Å². The second-order valence-electron chi connectivity index (χ2n) is 4.00. The van der Waals surface area contributed by atoms with Gasteiger partial charge in [0.15, 0.2) is 0 Å². The van der Waals surface area contributed by atoms with Crippen LogP contribution in [0.2, 0.25) is 0 Å². The molecule has 6 nitrogen and oxygen atoms in total. The zero-order valence-electron chi connectivity index (χ0n) is 10.0. The third kappa shape index (κ3) is 2.85. The minimum absolute atomic E-state index is 0.112. The van der Waals surface area contributed by atoms with Crippen molar-refractivity contribution in [3.8, 4) is 0 Å². The second-order valence-corrected chi connectivity index (χ2v) is 4.00. The van der Waals surface area contributed by atoms with Gasteiger partial charge in [-0.15, -0.1) is 0 Å². The number of nitro benzene ring substituents is 1. The van der Waals surface area contributed by atoms with E-state index in [1.54, 1.807) is 24.7 Å². The molecule has 0 spiro atoms. The Morgan fingerprint density at radius 3 is 3.00 bits per heavy atom. The topological polar surface area (TPSA) is 73.0 Å². The lowest BCUT2D eigenvalue weighted by atomic mass is 10.2. The minimum Gasteiger partial charge on any atom is -0.378 e. The Morgan fingerprint density at radius 1 is 1.50 bits per heavy atom. The van der Waals surface area contributed by atoms with Crippen molar-refractivity contribution < 1.29 is 4.92 Å². The molecule has 0 radical (unpaired) electrons. The molecule has 1 heterocycles. The van der Waals surface area contributed by atoms with Gasteiger partial charge in [0.2, 0.25) is 0 Å². The summed E-state index contributed by atoms with van der Waals surface area (Å²) in [6.07, 6.45) is 5.27. The molecule has 2 aromatic rings. The average Bonchev–Trinajstić information content (AvgIpc) is 2.84. The van der Waals surface area contributed by atoms with Crippen molar-refractivity contribution in [3.05, 3.63) is 52.6 Å². The first-order valence-electron chi connectivity index (χ1n) is 5.61. The lowest BCUT2D eigenvalue weighted by Crippen LogP contribution is -2.10. The monoisotopic (exact) mass is 246 g/mol. The Hall–Kier alpha value is -2.37. The van der Waals surface area contributed by atoms with E-state index in [1.807, 2.05) is 23.8 Å². The molecule has 0 saturated carbocycles. The van der Waals surface area contributed by atoms with Gasteiger partial charge in [0.25, 0.3) is 5.69 Å². The highest BCUT2D eigenvalue weighted by Gasteiger charge is 2.12. The summed E-state index contributed by atoms with van der Waals surface area (Å²) in [5.74, 6) is 0. The minimum atomic E-state index is -0.369. The van der Waals surface area contributed by atoms with Crippen molar-refractivity contribution in [2.24, 2.45) is 0 Å². The molecular weight excluding hydrogens is 232 g/mol. The maximum Gasteiger partial charge on any atom is 0.292 e. The predicted octanol–water partition coefficient (Wildman–Crippen LogP) is 2.21. The summed E-state index contributed by atoms with van der Waals surface area (Å²) in [5.41, 5.74) is 1.54. The van der Waals surface area contributed by atoms with Crippen LogP contribution in [0.3, 0.4) is 0 Å². The van der Waals surface area contributed by atoms with E-state index in [4.69, 9.17) is 0 Å². The number of hydrogen-bond donors (Lipinski definition) is 1. The molecule has 94 valence electrons. The highest BCUT2D eigenvalue weighted by atomic mass is 16.6. The van der Waals surface area contributed by atoms with E-state index < -0.39 is 0 Å². The fourth-order valence-corrected chi connectivity index (χ4v) is 1.68. The predicted molar refractivity (Wildman–Crippen MR) is 68.6 cm³/mol. The Kier molecular flexibility index (Phi) is 3.57. The molecule has 18 heavy (non-hydrogen) atoms. The zero-order valence-corrected chi connectivity index (χ0v) is 10.0. The van der Waals surface area contributed by atoms with Gasteiger partial charge >= 0.3 is 0 Å². The Labute approximate surface area is 104 Å². The van der Waals surface area contributed by atoms with Gasteiger partial charge in [-0.2, -0.15) is 0 Å². The van der Waals surface area contributed by atoms with Crippen LogP contribution < -0.4 is 5.32 Å². The maximum absolute atomic E-state index is 10.9. The van der Waals surface area contributed by atoms with Gasteiger partial charge in [-0.25, -0.2) is 4.98 Å². The molecule has 0 aliphatic carbocycles. The SMILES string of the molecule is Cc1ccc(NCCn2ccnc2)c([N+](=O)[O-])c1. The summed E-state index contributed by atoms with van der Waals surface area (Å²) < 4.78 is 1.91. The standard InChI is InChI=1S/C12H14N4O2/c1-10-2-3-11(12(8-10)16(17)18)14-5-7-15-6-4-13-9-15/h2-4,6,8-9,14H,5,7H2,1H3. The van der Waals surface area contributed by atoms with Crippen LogP contribution >= 0.6 is 0 Å². The molecule has 1 aromatic carbocycles. The van der Waals surface area contributed by atoms with E-state index >= 15 is 0 Å². The van der Waals surface area contributed by atoms with E-state index in [9.17, 15) is 10.1 Å². The van der Waals surface area contributed by atoms with Crippen LogP contribution in [0.5, 0.6) is 0 Å². The number of rotatable bonds is 5. The Bertz CT molecular complexity index is 537. The van der Waals surface area contributed by atoms with Gasteiger partial charge < -0.3 is 9.88 Å². The summed E-state index contributed by atoms with van der Waals surface area (Å²) in [6.45, 7) is 3.16. The van der Waals surface area contributed by atoms with Gasteiger partial charge in [0, 0.05) is 31.5 Å². The summed E-state index contributed by atoms with van der Waals surface area (Å²) in [7, 11) is 0. The van der Waals surface area contributed by atoms with E-state index in [-0.39, 0.29) is 10.6 Å². The molecule has 0 bridgehead atoms. The highest BCUT2D eigenvalue weighted by Crippen LogP contribution is 2.24. The number of imidazole rings is 1. The molecule has 2 rings (SSSR count). The number of nitrogens with one attached hydrogen (secondary N) is 1. The molecule has 6 heteroatoms. The summed E-state index contributed by atoms with van der Waals surface area (Å²) in [4.78, 5) is 14.5. The van der Waals surface area contributed by atoms with Crippen molar-refractivity contribution >= 4 is 11.4 Å². The smallest absolute Gasteiger partial charge is 0.292 e. The average molecular weight is 246 g/mol. The normalized spacial score (nSPS) is 10.3. The van der Waals surface area contributed by atoms with Gasteiger partial charge in [-0.3, -0.25) is 10.1 Å². The first-order chi connectivity index (χ1) is 8.66. The molecule has 0 atom stereocenters. The van der Waals surface area contributed by atoms with Gasteiger partial charge in [-0.1, -0.05) is 6.07 Å². The molecular formula is C12H14N4O2. The summed E-state index contributed by atoms with van der Waals surface area (Å²) in [6, 6.07) is 5.16. The van der Waals surface area contributed by atoms with Gasteiger partial charge in [0.05, 0.1) is 11.3 Å². The lowest BCUT2D eigenvalue weighted by Gasteiger charge is -2.08. The van der Waals surface area contributed by atoms with Crippen molar-refractivity contribution in [1.82, 2.24) is 9.55 Å². The van der Waals surface area contributed by atoms with Crippen LogP contribution in [0, 0.1) is 17.0 Å². The van der Waals surface area contributed by atoms with Crippen LogP contribution in [-0.4, -0.2) is 21.0 Å². The molecule has 0 unspecified atom stereocenters.